The summed E-state index contributed by atoms with van der Waals surface area (Å²) in [5.41, 5.74) is 2.09. The fourth-order valence-corrected chi connectivity index (χ4v) is 2.61. The molecule has 1 fully saturated rings. The van der Waals surface area contributed by atoms with Crippen LogP contribution in [0.5, 0.6) is 0 Å². The van der Waals surface area contributed by atoms with Gasteiger partial charge < -0.3 is 10.2 Å². The number of nitrogens with zero attached hydrogens (tertiary/aromatic N) is 4. The van der Waals surface area contributed by atoms with Crippen molar-refractivity contribution in [2.75, 3.05) is 13.1 Å². The fourth-order valence-electron chi connectivity index (χ4n) is 2.61. The van der Waals surface area contributed by atoms with Gasteiger partial charge in [-0.2, -0.15) is 5.10 Å². The predicted molar refractivity (Wildman–Crippen MR) is 75.7 cm³/mol. The van der Waals surface area contributed by atoms with Crippen molar-refractivity contribution >= 4 is 11.6 Å². The lowest BCUT2D eigenvalue weighted by Gasteiger charge is -2.38. The Morgan fingerprint density at radius 1 is 1.45 bits per heavy atom. The minimum Gasteiger partial charge on any atom is -0.333 e. The largest absolute Gasteiger partial charge is 0.333 e. The summed E-state index contributed by atoms with van der Waals surface area (Å²) in [6, 6.07) is 2.34. The van der Waals surface area contributed by atoms with Crippen LogP contribution in [-0.2, 0) is 0 Å². The molecule has 6 nitrogen and oxygen atoms in total. The van der Waals surface area contributed by atoms with E-state index in [9.17, 15) is 4.79 Å². The van der Waals surface area contributed by atoms with Gasteiger partial charge in [-0.05, 0) is 26.8 Å². The molecule has 0 spiro atoms. The third-order valence-electron chi connectivity index (χ3n) is 4.03. The molecule has 1 saturated heterocycles. The summed E-state index contributed by atoms with van der Waals surface area (Å²) >= 11 is 0. The molecule has 0 bridgehead atoms. The maximum Gasteiger partial charge on any atom is 0.259 e. The van der Waals surface area contributed by atoms with Crippen molar-refractivity contribution in [2.24, 2.45) is 0 Å². The zero-order valence-corrected chi connectivity index (χ0v) is 12.0. The Morgan fingerprint density at radius 2 is 2.25 bits per heavy atom. The molecular formula is C14H19N5O. The topological polar surface area (TPSA) is 62.5 Å². The summed E-state index contributed by atoms with van der Waals surface area (Å²) in [5.74, 6) is 0.0129. The van der Waals surface area contributed by atoms with Crippen LogP contribution >= 0.6 is 0 Å². The highest BCUT2D eigenvalue weighted by molar-refractivity contribution is 5.99. The lowest BCUT2D eigenvalue weighted by atomic mass is 10.1. The van der Waals surface area contributed by atoms with Crippen molar-refractivity contribution in [1.82, 2.24) is 24.8 Å². The Labute approximate surface area is 117 Å². The van der Waals surface area contributed by atoms with E-state index in [1.54, 1.807) is 10.7 Å². The van der Waals surface area contributed by atoms with Crippen LogP contribution in [0.15, 0.2) is 18.5 Å². The fraction of sp³-hybridized carbons (Fsp3) is 0.500. The first-order valence-corrected chi connectivity index (χ1v) is 6.93. The van der Waals surface area contributed by atoms with Gasteiger partial charge in [-0.15, -0.1) is 0 Å². The lowest BCUT2D eigenvalue weighted by Crippen LogP contribution is -2.57. The second kappa shape index (κ2) is 4.86. The first kappa shape index (κ1) is 13.1. The number of piperazine rings is 1. The van der Waals surface area contributed by atoms with Crippen molar-refractivity contribution in [3.05, 3.63) is 29.7 Å². The molecule has 106 valence electrons. The van der Waals surface area contributed by atoms with Crippen LogP contribution in [0.1, 0.15) is 29.9 Å². The minimum atomic E-state index is 0.0129. The highest BCUT2D eigenvalue weighted by Crippen LogP contribution is 2.16. The molecule has 1 aliphatic heterocycles. The van der Waals surface area contributed by atoms with E-state index in [1.165, 1.54) is 0 Å². The van der Waals surface area contributed by atoms with Gasteiger partial charge in [0.2, 0.25) is 0 Å². The van der Waals surface area contributed by atoms with E-state index in [0.29, 0.717) is 23.8 Å². The number of nitrogens with one attached hydrogen (secondary N) is 1. The average Bonchev–Trinajstić information content (AvgIpc) is 2.84. The molecule has 6 heteroatoms. The van der Waals surface area contributed by atoms with E-state index in [0.717, 1.165) is 12.2 Å². The zero-order chi connectivity index (χ0) is 14.3. The smallest absolute Gasteiger partial charge is 0.259 e. The molecule has 1 N–H and O–H groups in total. The lowest BCUT2D eigenvalue weighted by molar-refractivity contribution is 0.0604. The quantitative estimate of drug-likeness (QED) is 0.837. The highest BCUT2D eigenvalue weighted by atomic mass is 16.2. The van der Waals surface area contributed by atoms with Gasteiger partial charge in [0.15, 0.2) is 5.65 Å². The van der Waals surface area contributed by atoms with Crippen LogP contribution in [0.3, 0.4) is 0 Å². The molecular weight excluding hydrogens is 254 g/mol. The third-order valence-corrected chi connectivity index (χ3v) is 4.03. The second-order valence-corrected chi connectivity index (χ2v) is 5.38. The summed E-state index contributed by atoms with van der Waals surface area (Å²) in [6.07, 6.45) is 3.45. The van der Waals surface area contributed by atoms with Crippen LogP contribution in [0.2, 0.25) is 0 Å². The van der Waals surface area contributed by atoms with Crippen molar-refractivity contribution < 1.29 is 4.79 Å². The van der Waals surface area contributed by atoms with Crippen molar-refractivity contribution in [1.29, 1.82) is 0 Å². The van der Waals surface area contributed by atoms with E-state index in [4.69, 9.17) is 0 Å². The molecule has 0 aromatic carbocycles. The van der Waals surface area contributed by atoms with Crippen molar-refractivity contribution in [3.8, 4) is 0 Å². The Morgan fingerprint density at radius 3 is 3.05 bits per heavy atom. The van der Waals surface area contributed by atoms with Crippen LogP contribution in [-0.4, -0.2) is 50.6 Å². The number of hydrogen-bond acceptors (Lipinski definition) is 4. The van der Waals surface area contributed by atoms with Gasteiger partial charge in [0.05, 0.1) is 6.20 Å². The summed E-state index contributed by atoms with van der Waals surface area (Å²) < 4.78 is 1.65. The van der Waals surface area contributed by atoms with E-state index >= 15 is 0 Å². The van der Waals surface area contributed by atoms with Crippen LogP contribution in [0.25, 0.3) is 5.65 Å². The first-order chi connectivity index (χ1) is 9.58. The van der Waals surface area contributed by atoms with E-state index in [-0.39, 0.29) is 11.9 Å². The van der Waals surface area contributed by atoms with Gasteiger partial charge in [-0.25, -0.2) is 9.50 Å². The van der Waals surface area contributed by atoms with Crippen LogP contribution in [0, 0.1) is 6.92 Å². The molecule has 0 saturated carbocycles. The number of rotatable bonds is 1. The van der Waals surface area contributed by atoms with Gasteiger partial charge >= 0.3 is 0 Å². The molecule has 20 heavy (non-hydrogen) atoms. The minimum absolute atomic E-state index is 0.0129. The number of aromatic nitrogens is 3. The van der Waals surface area contributed by atoms with Crippen molar-refractivity contribution in [2.45, 2.75) is 32.9 Å². The number of hydrogen-bond donors (Lipinski definition) is 1. The predicted octanol–water partition coefficient (Wildman–Crippen LogP) is 0.860. The highest BCUT2D eigenvalue weighted by Gasteiger charge is 2.30. The monoisotopic (exact) mass is 273 g/mol. The maximum atomic E-state index is 12.7. The summed E-state index contributed by atoms with van der Waals surface area (Å²) in [4.78, 5) is 19.1. The summed E-state index contributed by atoms with van der Waals surface area (Å²) in [5, 5.41) is 7.59. The summed E-state index contributed by atoms with van der Waals surface area (Å²) in [7, 11) is 0. The van der Waals surface area contributed by atoms with Crippen molar-refractivity contribution in [3.63, 3.8) is 0 Å². The number of fused-ring (bicyclic) bond motifs is 1. The first-order valence-electron chi connectivity index (χ1n) is 6.93. The Balaban J connectivity index is 1.98. The van der Waals surface area contributed by atoms with E-state index in [2.05, 4.69) is 29.2 Å². The Kier molecular flexibility index (Phi) is 3.17. The average molecular weight is 273 g/mol. The summed E-state index contributed by atoms with van der Waals surface area (Å²) in [6.45, 7) is 7.62. The van der Waals surface area contributed by atoms with Gasteiger partial charge in [-0.3, -0.25) is 4.79 Å². The van der Waals surface area contributed by atoms with Gasteiger partial charge in [0, 0.05) is 37.1 Å². The van der Waals surface area contributed by atoms with Crippen LogP contribution < -0.4 is 5.32 Å². The second-order valence-electron chi connectivity index (χ2n) is 5.38. The Hall–Kier alpha value is -1.95. The van der Waals surface area contributed by atoms with Gasteiger partial charge in [0.25, 0.3) is 5.91 Å². The molecule has 1 amide bonds. The normalized spacial score (nSPS) is 23.2. The maximum absolute atomic E-state index is 12.7. The molecule has 1 aliphatic rings. The molecule has 3 rings (SSSR count). The molecule has 3 heterocycles. The Bertz CT molecular complexity index is 650. The molecule has 0 unspecified atom stereocenters. The van der Waals surface area contributed by atoms with Gasteiger partial charge in [0.1, 0.15) is 5.56 Å². The standard InChI is InChI=1S/C14H19N5O/c1-9-4-6-19-13(17-9)12(8-16-19)14(20)18-7-5-15-10(2)11(18)3/h4,6,8,10-11,15H,5,7H2,1-3H3/t10-,11+/m1/s1. The number of amides is 1. The molecule has 0 aliphatic carbocycles. The molecule has 2 atom stereocenters. The SMILES string of the molecule is Cc1ccn2ncc(C(=O)N3CCN[C@H](C)[C@@H]3C)c2n1. The zero-order valence-electron chi connectivity index (χ0n) is 12.0. The van der Waals surface area contributed by atoms with Gasteiger partial charge in [-0.1, -0.05) is 0 Å². The molecule has 2 aromatic heterocycles. The number of carbonyl (C=O) groups excluding carboxylic acids is 1. The van der Waals surface area contributed by atoms with Crippen LogP contribution in [0.4, 0.5) is 0 Å². The number of carbonyl (C=O) groups is 1. The molecule has 0 radical (unpaired) electrons. The van der Waals surface area contributed by atoms with E-state index < -0.39 is 0 Å². The third kappa shape index (κ3) is 2.06. The number of aryl methyl sites for hydroxylation is 1. The molecule has 2 aromatic rings. The van der Waals surface area contributed by atoms with E-state index in [1.807, 2.05) is 24.1 Å².